The molecule has 6 nitrogen and oxygen atoms in total. The Bertz CT molecular complexity index is 778. The standard InChI is InChI=1S/C19H21FN2O4/c1-13(23)22(15-6-4-14(20)5-7-15)11-10-19(24)21-17-12-16(25-2)8-9-18(17)26-3/h4-9,12H,10-11H2,1-3H3,(H,21,24). The van der Waals surface area contributed by atoms with Crippen molar-refractivity contribution >= 4 is 23.2 Å². The molecule has 0 bridgehead atoms. The smallest absolute Gasteiger partial charge is 0.226 e. The summed E-state index contributed by atoms with van der Waals surface area (Å²) < 4.78 is 23.4. The number of methoxy groups -OCH3 is 2. The predicted octanol–water partition coefficient (Wildman–Crippen LogP) is 3.22. The predicted molar refractivity (Wildman–Crippen MR) is 97.2 cm³/mol. The SMILES string of the molecule is COc1ccc(OC)c(NC(=O)CCN(C(C)=O)c2ccc(F)cc2)c1. The summed E-state index contributed by atoms with van der Waals surface area (Å²) in [7, 11) is 3.03. The second-order valence-electron chi connectivity index (χ2n) is 5.51. The summed E-state index contributed by atoms with van der Waals surface area (Å²) in [6.07, 6.45) is 0.0668. The zero-order chi connectivity index (χ0) is 19.1. The number of anilines is 2. The van der Waals surface area contributed by atoms with E-state index >= 15 is 0 Å². The molecule has 0 aliphatic heterocycles. The summed E-state index contributed by atoms with van der Waals surface area (Å²) >= 11 is 0. The lowest BCUT2D eigenvalue weighted by Crippen LogP contribution is -2.32. The molecular formula is C19H21FN2O4. The van der Waals surface area contributed by atoms with Gasteiger partial charge in [0.05, 0.1) is 19.9 Å². The van der Waals surface area contributed by atoms with E-state index in [2.05, 4.69) is 5.32 Å². The third-order valence-electron chi connectivity index (χ3n) is 3.76. The van der Waals surface area contributed by atoms with E-state index in [0.29, 0.717) is 22.9 Å². The number of nitrogens with zero attached hydrogens (tertiary/aromatic N) is 1. The van der Waals surface area contributed by atoms with Crippen molar-refractivity contribution in [2.24, 2.45) is 0 Å². The van der Waals surface area contributed by atoms with Gasteiger partial charge in [-0.3, -0.25) is 9.59 Å². The van der Waals surface area contributed by atoms with E-state index < -0.39 is 0 Å². The van der Waals surface area contributed by atoms with Crippen LogP contribution in [0.2, 0.25) is 0 Å². The van der Waals surface area contributed by atoms with Gasteiger partial charge in [0, 0.05) is 31.6 Å². The Kier molecular flexibility index (Phi) is 6.54. The van der Waals surface area contributed by atoms with Crippen molar-refractivity contribution < 1.29 is 23.5 Å². The zero-order valence-corrected chi connectivity index (χ0v) is 14.9. The van der Waals surface area contributed by atoms with Gasteiger partial charge >= 0.3 is 0 Å². The van der Waals surface area contributed by atoms with Gasteiger partial charge in [0.25, 0.3) is 0 Å². The second-order valence-corrected chi connectivity index (χ2v) is 5.51. The molecule has 0 atom stereocenters. The average Bonchev–Trinajstić information content (AvgIpc) is 2.63. The number of hydrogen-bond donors (Lipinski definition) is 1. The van der Waals surface area contributed by atoms with E-state index in [9.17, 15) is 14.0 Å². The number of ether oxygens (including phenoxy) is 2. The lowest BCUT2D eigenvalue weighted by Gasteiger charge is -2.21. The van der Waals surface area contributed by atoms with Crippen LogP contribution in [0.3, 0.4) is 0 Å². The minimum Gasteiger partial charge on any atom is -0.497 e. The molecule has 2 rings (SSSR count). The molecule has 0 aliphatic carbocycles. The molecule has 0 fully saturated rings. The molecule has 1 N–H and O–H groups in total. The monoisotopic (exact) mass is 360 g/mol. The Morgan fingerprint density at radius 2 is 1.77 bits per heavy atom. The Morgan fingerprint density at radius 1 is 1.08 bits per heavy atom. The normalized spacial score (nSPS) is 10.2. The van der Waals surface area contributed by atoms with Gasteiger partial charge in [-0.25, -0.2) is 4.39 Å². The van der Waals surface area contributed by atoms with Crippen LogP contribution in [-0.2, 0) is 9.59 Å². The molecule has 2 amide bonds. The average molecular weight is 360 g/mol. The van der Waals surface area contributed by atoms with E-state index in [0.717, 1.165) is 0 Å². The minimum absolute atomic E-state index is 0.0668. The number of rotatable bonds is 7. The van der Waals surface area contributed by atoms with Crippen LogP contribution in [0.4, 0.5) is 15.8 Å². The number of nitrogens with one attached hydrogen (secondary N) is 1. The first-order valence-corrected chi connectivity index (χ1v) is 8.00. The Hall–Kier alpha value is -3.09. The van der Waals surface area contributed by atoms with Crippen LogP contribution in [0, 0.1) is 5.82 Å². The number of halogens is 1. The Balaban J connectivity index is 2.05. The molecule has 0 aromatic heterocycles. The van der Waals surface area contributed by atoms with Crippen LogP contribution < -0.4 is 19.7 Å². The van der Waals surface area contributed by atoms with Gasteiger partial charge in [-0.1, -0.05) is 0 Å². The first-order chi connectivity index (χ1) is 12.4. The molecule has 138 valence electrons. The number of amides is 2. The number of benzene rings is 2. The molecule has 0 radical (unpaired) electrons. The van der Waals surface area contributed by atoms with Crippen molar-refractivity contribution in [3.8, 4) is 11.5 Å². The maximum atomic E-state index is 13.1. The summed E-state index contributed by atoms with van der Waals surface area (Å²) in [5, 5.41) is 2.75. The van der Waals surface area contributed by atoms with Crippen LogP contribution in [0.1, 0.15) is 13.3 Å². The molecule has 26 heavy (non-hydrogen) atoms. The van der Waals surface area contributed by atoms with Crippen molar-refractivity contribution in [1.82, 2.24) is 0 Å². The lowest BCUT2D eigenvalue weighted by atomic mass is 10.2. The third-order valence-corrected chi connectivity index (χ3v) is 3.76. The molecule has 0 heterocycles. The van der Waals surface area contributed by atoms with E-state index in [1.54, 1.807) is 18.2 Å². The maximum Gasteiger partial charge on any atom is 0.226 e. The third kappa shape index (κ3) is 4.95. The highest BCUT2D eigenvalue weighted by molar-refractivity contribution is 5.95. The van der Waals surface area contributed by atoms with Crippen molar-refractivity contribution in [3.05, 3.63) is 48.3 Å². The van der Waals surface area contributed by atoms with Crippen LogP contribution in [0.15, 0.2) is 42.5 Å². The second kappa shape index (κ2) is 8.84. The van der Waals surface area contributed by atoms with E-state index in [1.165, 1.54) is 50.3 Å². The first kappa shape index (κ1) is 19.2. The van der Waals surface area contributed by atoms with Gasteiger partial charge in [0.15, 0.2) is 0 Å². The molecular weight excluding hydrogens is 339 g/mol. The summed E-state index contributed by atoms with van der Waals surface area (Å²) in [6, 6.07) is 10.6. The Morgan fingerprint density at radius 3 is 2.35 bits per heavy atom. The van der Waals surface area contributed by atoms with Gasteiger partial charge < -0.3 is 19.7 Å². The van der Waals surface area contributed by atoms with Crippen molar-refractivity contribution in [3.63, 3.8) is 0 Å². The van der Waals surface area contributed by atoms with E-state index in [-0.39, 0.29) is 30.6 Å². The fourth-order valence-corrected chi connectivity index (χ4v) is 2.43. The number of carbonyl (C=O) groups is 2. The van der Waals surface area contributed by atoms with Crippen LogP contribution in [0.25, 0.3) is 0 Å². The van der Waals surface area contributed by atoms with Gasteiger partial charge in [-0.15, -0.1) is 0 Å². The fourth-order valence-electron chi connectivity index (χ4n) is 2.43. The number of carbonyl (C=O) groups excluding carboxylic acids is 2. The van der Waals surface area contributed by atoms with E-state index in [1.807, 2.05) is 0 Å². The van der Waals surface area contributed by atoms with Gasteiger partial charge in [-0.2, -0.15) is 0 Å². The zero-order valence-electron chi connectivity index (χ0n) is 14.9. The number of hydrogen-bond acceptors (Lipinski definition) is 4. The molecule has 2 aromatic carbocycles. The lowest BCUT2D eigenvalue weighted by molar-refractivity contribution is -0.117. The molecule has 0 unspecified atom stereocenters. The molecule has 0 aliphatic rings. The summed E-state index contributed by atoms with van der Waals surface area (Å²) in [5.41, 5.74) is 1.01. The molecule has 0 spiro atoms. The van der Waals surface area contributed by atoms with Gasteiger partial charge in [0.1, 0.15) is 17.3 Å². The van der Waals surface area contributed by atoms with Gasteiger partial charge in [-0.05, 0) is 36.4 Å². The molecule has 0 saturated carbocycles. The highest BCUT2D eigenvalue weighted by Gasteiger charge is 2.15. The highest BCUT2D eigenvalue weighted by atomic mass is 19.1. The van der Waals surface area contributed by atoms with Crippen molar-refractivity contribution in [1.29, 1.82) is 0 Å². The van der Waals surface area contributed by atoms with Crippen molar-refractivity contribution in [2.45, 2.75) is 13.3 Å². The van der Waals surface area contributed by atoms with Gasteiger partial charge in [0.2, 0.25) is 11.8 Å². The summed E-state index contributed by atoms with van der Waals surface area (Å²) in [5.74, 6) is 0.173. The first-order valence-electron chi connectivity index (χ1n) is 8.00. The maximum absolute atomic E-state index is 13.1. The van der Waals surface area contributed by atoms with Crippen LogP contribution in [0.5, 0.6) is 11.5 Å². The highest BCUT2D eigenvalue weighted by Crippen LogP contribution is 2.29. The largest absolute Gasteiger partial charge is 0.497 e. The molecule has 2 aromatic rings. The van der Waals surface area contributed by atoms with Crippen LogP contribution >= 0.6 is 0 Å². The molecule has 7 heteroatoms. The summed E-state index contributed by atoms with van der Waals surface area (Å²) in [6.45, 7) is 1.56. The Labute approximate surface area is 151 Å². The molecule has 0 saturated heterocycles. The summed E-state index contributed by atoms with van der Waals surface area (Å²) in [4.78, 5) is 25.6. The van der Waals surface area contributed by atoms with Crippen molar-refractivity contribution in [2.75, 3.05) is 31.0 Å². The van der Waals surface area contributed by atoms with E-state index in [4.69, 9.17) is 9.47 Å². The van der Waals surface area contributed by atoms with Crippen LogP contribution in [-0.4, -0.2) is 32.6 Å². The quantitative estimate of drug-likeness (QED) is 0.823. The fraction of sp³-hybridized carbons (Fsp3) is 0.263. The topological polar surface area (TPSA) is 67.9 Å². The minimum atomic E-state index is -0.389.